The molecule has 0 aromatic carbocycles. The maximum atomic E-state index is 8.88. The van der Waals surface area contributed by atoms with Gasteiger partial charge in [0.05, 0.1) is 0 Å². The van der Waals surface area contributed by atoms with Crippen LogP contribution in [0.25, 0.3) is 0 Å². The van der Waals surface area contributed by atoms with E-state index in [9.17, 15) is 0 Å². The summed E-state index contributed by atoms with van der Waals surface area (Å²) in [7, 11) is -4.64. The molecule has 0 aromatic rings. The quantitative estimate of drug-likeness (QED) is 0.392. The zero-order valence-corrected chi connectivity index (χ0v) is 6.12. The first-order chi connectivity index (χ1) is 2.00. The van der Waals surface area contributed by atoms with Gasteiger partial charge in [-0.3, -0.25) is 0 Å². The normalized spacial score (nSPS) is 8.43. The van der Waals surface area contributed by atoms with Crippen molar-refractivity contribution in [3.05, 3.63) is 0 Å². The van der Waals surface area contributed by atoms with Gasteiger partial charge >= 0.3 is 7.82 Å². The second-order valence-electron chi connectivity index (χ2n) is 0.513. The summed E-state index contributed by atoms with van der Waals surface area (Å²) >= 11 is 0. The molecule has 0 bridgehead atoms. The number of phosphoric acid groups is 1. The summed E-state index contributed by atoms with van der Waals surface area (Å²) in [5.41, 5.74) is 0. The molecule has 4 nitrogen and oxygen atoms in total. The van der Waals surface area contributed by atoms with Crippen LogP contribution in [0.2, 0.25) is 0 Å². The average molecular weight is 269 g/mol. The standard InChI is InChI=1S/Ag.Cu.H3O4P/c;;1-5(2,3)4/h;;(H3,1,2,3,4). The Morgan fingerprint density at radius 1 is 1.14 bits per heavy atom. The van der Waals surface area contributed by atoms with Crippen molar-refractivity contribution in [2.75, 3.05) is 0 Å². The minimum Gasteiger partial charge on any atom is -0.303 e. The fourth-order valence-corrected chi connectivity index (χ4v) is 0. The third-order valence-electron chi connectivity index (χ3n) is 0. The summed E-state index contributed by atoms with van der Waals surface area (Å²) in [5.74, 6) is 0. The van der Waals surface area contributed by atoms with Crippen molar-refractivity contribution >= 4 is 7.82 Å². The smallest absolute Gasteiger partial charge is 0.303 e. The number of rotatable bonds is 0. The first kappa shape index (κ1) is 15.8. The third-order valence-corrected chi connectivity index (χ3v) is 0. The Labute approximate surface area is 66.5 Å². The van der Waals surface area contributed by atoms with Crippen molar-refractivity contribution in [3.8, 4) is 0 Å². The summed E-state index contributed by atoms with van der Waals surface area (Å²) in [6.07, 6.45) is 0. The van der Waals surface area contributed by atoms with Gasteiger partial charge in [0, 0.05) is 39.4 Å². The van der Waals surface area contributed by atoms with Gasteiger partial charge in [-0.15, -0.1) is 0 Å². The van der Waals surface area contributed by atoms with Gasteiger partial charge in [-0.1, -0.05) is 0 Å². The first-order valence-corrected chi connectivity index (χ1v) is 2.35. The molecule has 0 aromatic heterocycles. The largest absolute Gasteiger partial charge is 0.466 e. The van der Waals surface area contributed by atoms with Crippen LogP contribution in [0.5, 0.6) is 0 Å². The van der Waals surface area contributed by atoms with Gasteiger partial charge in [-0.05, 0) is 0 Å². The Kier molecular flexibility index (Phi) is 12.4. The van der Waals surface area contributed by atoms with Crippen molar-refractivity contribution in [1.29, 1.82) is 0 Å². The molecule has 0 spiro atoms. The van der Waals surface area contributed by atoms with E-state index in [-0.39, 0.29) is 39.4 Å². The van der Waals surface area contributed by atoms with Crippen LogP contribution in [0, 0.1) is 0 Å². The van der Waals surface area contributed by atoms with E-state index in [2.05, 4.69) is 0 Å². The van der Waals surface area contributed by atoms with Crippen LogP contribution in [-0.2, 0) is 44.0 Å². The van der Waals surface area contributed by atoms with Gasteiger partial charge in [0.15, 0.2) is 0 Å². The number of hydrogen-bond donors (Lipinski definition) is 3. The van der Waals surface area contributed by atoms with E-state index in [0.29, 0.717) is 0 Å². The van der Waals surface area contributed by atoms with Gasteiger partial charge in [-0.25, -0.2) is 4.57 Å². The Bertz CT molecular complexity index is 57.8. The van der Waals surface area contributed by atoms with Crippen LogP contribution >= 0.6 is 7.82 Å². The van der Waals surface area contributed by atoms with E-state index in [4.69, 9.17) is 19.2 Å². The molecule has 54 valence electrons. The van der Waals surface area contributed by atoms with Gasteiger partial charge in [-0.2, -0.15) is 0 Å². The van der Waals surface area contributed by atoms with Crippen molar-refractivity contribution < 1.29 is 58.7 Å². The molecular weight excluding hydrogens is 266 g/mol. The van der Waals surface area contributed by atoms with E-state index in [1.807, 2.05) is 0 Å². The minimum absolute atomic E-state index is 0. The molecular formula is H3AgCuO4P. The van der Waals surface area contributed by atoms with Crippen LogP contribution in [0.15, 0.2) is 0 Å². The van der Waals surface area contributed by atoms with Crippen molar-refractivity contribution in [3.63, 3.8) is 0 Å². The molecule has 0 fully saturated rings. The van der Waals surface area contributed by atoms with Crippen molar-refractivity contribution in [2.45, 2.75) is 0 Å². The first-order valence-electron chi connectivity index (χ1n) is 0.783. The molecule has 0 atom stereocenters. The maximum Gasteiger partial charge on any atom is 0.466 e. The summed E-state index contributed by atoms with van der Waals surface area (Å²) in [6.45, 7) is 0. The van der Waals surface area contributed by atoms with Crippen molar-refractivity contribution in [1.82, 2.24) is 0 Å². The molecule has 7 heavy (non-hydrogen) atoms. The van der Waals surface area contributed by atoms with Crippen LogP contribution in [0.1, 0.15) is 0 Å². The average Bonchev–Trinajstić information content (AvgIpc) is 0.722. The summed E-state index contributed by atoms with van der Waals surface area (Å²) in [4.78, 5) is 21.6. The molecule has 0 rings (SSSR count). The zero-order chi connectivity index (χ0) is 4.50. The van der Waals surface area contributed by atoms with Gasteiger partial charge in [0.25, 0.3) is 0 Å². The number of hydrogen-bond acceptors (Lipinski definition) is 1. The van der Waals surface area contributed by atoms with Crippen LogP contribution in [-0.4, -0.2) is 14.7 Å². The Morgan fingerprint density at radius 3 is 1.14 bits per heavy atom. The molecule has 0 saturated heterocycles. The van der Waals surface area contributed by atoms with E-state index < -0.39 is 7.82 Å². The van der Waals surface area contributed by atoms with Gasteiger partial charge < -0.3 is 14.7 Å². The molecule has 0 heterocycles. The molecule has 3 N–H and O–H groups in total. The molecule has 0 aliphatic rings. The molecule has 2 radical (unpaired) electrons. The van der Waals surface area contributed by atoms with E-state index in [1.165, 1.54) is 0 Å². The second kappa shape index (κ2) is 5.51. The third kappa shape index (κ3) is 113. The van der Waals surface area contributed by atoms with E-state index in [1.54, 1.807) is 0 Å². The summed E-state index contributed by atoms with van der Waals surface area (Å²) in [5, 5.41) is 0. The maximum absolute atomic E-state index is 8.88. The van der Waals surface area contributed by atoms with Gasteiger partial charge in [0.2, 0.25) is 0 Å². The zero-order valence-electron chi connectivity index (χ0n) is 2.80. The Hall–Kier alpha value is 1.37. The van der Waals surface area contributed by atoms with Crippen LogP contribution in [0.3, 0.4) is 0 Å². The Balaban J connectivity index is -0.0000000800. The van der Waals surface area contributed by atoms with Crippen LogP contribution < -0.4 is 0 Å². The molecule has 0 amide bonds. The molecule has 0 aliphatic carbocycles. The second-order valence-corrected chi connectivity index (χ2v) is 1.54. The predicted octanol–water partition coefficient (Wildman–Crippen LogP) is -0.934. The van der Waals surface area contributed by atoms with Crippen molar-refractivity contribution in [2.24, 2.45) is 0 Å². The van der Waals surface area contributed by atoms with Crippen LogP contribution in [0.4, 0.5) is 0 Å². The fraction of sp³-hybridized carbons (Fsp3) is 0. The molecule has 0 saturated carbocycles. The summed E-state index contributed by atoms with van der Waals surface area (Å²) < 4.78 is 8.88. The summed E-state index contributed by atoms with van der Waals surface area (Å²) in [6, 6.07) is 0. The van der Waals surface area contributed by atoms with Gasteiger partial charge in [0.1, 0.15) is 0 Å². The van der Waals surface area contributed by atoms with E-state index >= 15 is 0 Å². The monoisotopic (exact) mass is 268 g/mol. The molecule has 0 aliphatic heterocycles. The van der Waals surface area contributed by atoms with E-state index in [0.717, 1.165) is 0 Å². The molecule has 7 heteroatoms. The Morgan fingerprint density at radius 2 is 1.14 bits per heavy atom. The predicted molar refractivity (Wildman–Crippen MR) is 14.3 cm³/mol. The minimum atomic E-state index is -4.64. The topological polar surface area (TPSA) is 77.8 Å². The SMILES string of the molecule is O=P(O)(O)O.[Ag].[Cu]. The molecule has 0 unspecified atom stereocenters. The fourth-order valence-electron chi connectivity index (χ4n) is 0.